The summed E-state index contributed by atoms with van der Waals surface area (Å²) in [5.74, 6) is -0.886. The fraction of sp³-hybridized carbons (Fsp3) is 0.176. The van der Waals surface area contributed by atoms with Crippen LogP contribution in [0.25, 0.3) is 0 Å². The zero-order valence-electron chi connectivity index (χ0n) is 12.1. The summed E-state index contributed by atoms with van der Waals surface area (Å²) in [6.07, 6.45) is 0. The number of hydrogen-bond acceptors (Lipinski definition) is 3. The largest absolute Gasteiger partial charge is 0.452 e. The van der Waals surface area contributed by atoms with Gasteiger partial charge in [-0.3, -0.25) is 4.79 Å². The van der Waals surface area contributed by atoms with Gasteiger partial charge in [0.05, 0.1) is 11.6 Å². The number of rotatable bonds is 5. The van der Waals surface area contributed by atoms with E-state index in [1.165, 1.54) is 0 Å². The predicted molar refractivity (Wildman–Crippen MR) is 84.7 cm³/mol. The van der Waals surface area contributed by atoms with E-state index in [1.54, 1.807) is 42.5 Å². The van der Waals surface area contributed by atoms with E-state index in [2.05, 4.69) is 5.32 Å². The maximum Gasteiger partial charge on any atom is 0.338 e. The van der Waals surface area contributed by atoms with Gasteiger partial charge >= 0.3 is 5.97 Å². The van der Waals surface area contributed by atoms with Gasteiger partial charge in [-0.2, -0.15) is 0 Å². The predicted octanol–water partition coefficient (Wildman–Crippen LogP) is 3.37. The molecule has 2 aromatic carbocycles. The van der Waals surface area contributed by atoms with E-state index in [-0.39, 0.29) is 18.6 Å². The number of esters is 1. The lowest BCUT2D eigenvalue weighted by Gasteiger charge is -2.14. The maximum absolute atomic E-state index is 11.8. The van der Waals surface area contributed by atoms with Crippen molar-refractivity contribution in [3.8, 4) is 0 Å². The van der Waals surface area contributed by atoms with E-state index in [1.807, 2.05) is 19.1 Å². The summed E-state index contributed by atoms with van der Waals surface area (Å²) < 4.78 is 4.97. The van der Waals surface area contributed by atoms with E-state index in [0.717, 1.165) is 5.56 Å². The van der Waals surface area contributed by atoms with Gasteiger partial charge in [0, 0.05) is 5.02 Å². The number of hydrogen-bond donors (Lipinski definition) is 1. The molecule has 4 nitrogen and oxygen atoms in total. The summed E-state index contributed by atoms with van der Waals surface area (Å²) in [5.41, 5.74) is 1.30. The Labute approximate surface area is 134 Å². The van der Waals surface area contributed by atoms with Crippen molar-refractivity contribution < 1.29 is 14.3 Å². The Morgan fingerprint density at radius 1 is 1.14 bits per heavy atom. The molecule has 114 valence electrons. The highest BCUT2D eigenvalue weighted by atomic mass is 35.5. The molecule has 0 aliphatic rings. The van der Waals surface area contributed by atoms with Crippen molar-refractivity contribution in [3.05, 3.63) is 70.7 Å². The average molecular weight is 318 g/mol. The van der Waals surface area contributed by atoms with Crippen LogP contribution >= 0.6 is 11.6 Å². The van der Waals surface area contributed by atoms with Gasteiger partial charge in [0.2, 0.25) is 0 Å². The first kappa shape index (κ1) is 16.0. The van der Waals surface area contributed by atoms with Crippen molar-refractivity contribution in [2.24, 2.45) is 0 Å². The molecule has 0 bridgehead atoms. The minimum absolute atomic E-state index is 0.221. The Morgan fingerprint density at radius 2 is 1.86 bits per heavy atom. The zero-order valence-corrected chi connectivity index (χ0v) is 12.8. The van der Waals surface area contributed by atoms with Crippen molar-refractivity contribution in [3.63, 3.8) is 0 Å². The molecule has 22 heavy (non-hydrogen) atoms. The molecule has 0 aliphatic heterocycles. The Hall–Kier alpha value is -2.33. The molecule has 0 fully saturated rings. The first-order valence-electron chi connectivity index (χ1n) is 6.83. The quantitative estimate of drug-likeness (QED) is 0.860. The highest BCUT2D eigenvalue weighted by Gasteiger charge is 2.13. The molecule has 0 saturated heterocycles. The van der Waals surface area contributed by atoms with Crippen molar-refractivity contribution in [2.75, 3.05) is 6.61 Å². The molecule has 2 aromatic rings. The SMILES string of the molecule is C[C@@H](NC(=O)COC(=O)c1ccccc1)c1cccc(Cl)c1. The first-order valence-corrected chi connectivity index (χ1v) is 7.21. The summed E-state index contributed by atoms with van der Waals surface area (Å²) >= 11 is 5.91. The van der Waals surface area contributed by atoms with Crippen LogP contribution in [-0.4, -0.2) is 18.5 Å². The van der Waals surface area contributed by atoms with Gasteiger partial charge in [-0.15, -0.1) is 0 Å². The highest BCUT2D eigenvalue weighted by molar-refractivity contribution is 6.30. The lowest BCUT2D eigenvalue weighted by Crippen LogP contribution is -2.31. The molecule has 1 N–H and O–H groups in total. The van der Waals surface area contributed by atoms with E-state index in [9.17, 15) is 9.59 Å². The number of amides is 1. The van der Waals surface area contributed by atoms with Crippen LogP contribution < -0.4 is 5.32 Å². The number of carbonyl (C=O) groups is 2. The second-order valence-electron chi connectivity index (χ2n) is 4.79. The van der Waals surface area contributed by atoms with Gasteiger partial charge in [-0.1, -0.05) is 41.9 Å². The van der Waals surface area contributed by atoms with Crippen LogP contribution in [0.5, 0.6) is 0 Å². The first-order chi connectivity index (χ1) is 10.6. The van der Waals surface area contributed by atoms with Crippen molar-refractivity contribution >= 4 is 23.5 Å². The van der Waals surface area contributed by atoms with Crippen LogP contribution in [0, 0.1) is 0 Å². The van der Waals surface area contributed by atoms with E-state index < -0.39 is 5.97 Å². The Morgan fingerprint density at radius 3 is 2.55 bits per heavy atom. The van der Waals surface area contributed by atoms with E-state index in [4.69, 9.17) is 16.3 Å². The molecule has 0 heterocycles. The molecule has 0 spiro atoms. The fourth-order valence-electron chi connectivity index (χ4n) is 1.93. The maximum atomic E-state index is 11.8. The third-order valence-corrected chi connectivity index (χ3v) is 3.31. The summed E-state index contributed by atoms with van der Waals surface area (Å²) in [6.45, 7) is 1.52. The van der Waals surface area contributed by atoms with E-state index >= 15 is 0 Å². The molecular weight excluding hydrogens is 302 g/mol. The average Bonchev–Trinajstić information content (AvgIpc) is 2.53. The molecule has 5 heteroatoms. The van der Waals surface area contributed by atoms with Crippen LogP contribution in [-0.2, 0) is 9.53 Å². The molecule has 2 rings (SSSR count). The minimum Gasteiger partial charge on any atom is -0.452 e. The zero-order chi connectivity index (χ0) is 15.9. The van der Waals surface area contributed by atoms with Crippen molar-refractivity contribution in [2.45, 2.75) is 13.0 Å². The lowest BCUT2D eigenvalue weighted by molar-refractivity contribution is -0.124. The smallest absolute Gasteiger partial charge is 0.338 e. The van der Waals surface area contributed by atoms with Crippen molar-refractivity contribution in [1.82, 2.24) is 5.32 Å². The van der Waals surface area contributed by atoms with Crippen molar-refractivity contribution in [1.29, 1.82) is 0 Å². The summed E-state index contributed by atoms with van der Waals surface area (Å²) in [5, 5.41) is 3.36. The standard InChI is InChI=1S/C17H16ClNO3/c1-12(14-8-5-9-15(18)10-14)19-16(20)11-22-17(21)13-6-3-2-4-7-13/h2-10,12H,11H2,1H3,(H,19,20)/t12-/m1/s1. The molecule has 1 atom stereocenters. The van der Waals surface area contributed by atoms with Crippen LogP contribution in [0.1, 0.15) is 28.9 Å². The molecule has 1 amide bonds. The van der Waals surface area contributed by atoms with Gasteiger partial charge < -0.3 is 10.1 Å². The third-order valence-electron chi connectivity index (χ3n) is 3.07. The monoisotopic (exact) mass is 317 g/mol. The topological polar surface area (TPSA) is 55.4 Å². The molecule has 0 aliphatic carbocycles. The molecule has 0 radical (unpaired) electrons. The molecular formula is C17H16ClNO3. The fourth-order valence-corrected chi connectivity index (χ4v) is 2.13. The molecule has 0 saturated carbocycles. The second kappa shape index (κ2) is 7.61. The number of halogens is 1. The van der Waals surface area contributed by atoms with Gasteiger partial charge in [-0.25, -0.2) is 4.79 Å². The Balaban J connectivity index is 1.84. The van der Waals surface area contributed by atoms with Crippen LogP contribution in [0.4, 0.5) is 0 Å². The number of nitrogens with one attached hydrogen (secondary N) is 1. The summed E-state index contributed by atoms with van der Waals surface area (Å²) in [6, 6.07) is 15.5. The van der Waals surface area contributed by atoms with Crippen LogP contribution in [0.15, 0.2) is 54.6 Å². The Bertz CT molecular complexity index is 658. The van der Waals surface area contributed by atoms with Gasteiger partial charge in [0.15, 0.2) is 6.61 Å². The summed E-state index contributed by atoms with van der Waals surface area (Å²) in [7, 11) is 0. The van der Waals surface area contributed by atoms with Crippen LogP contribution in [0.3, 0.4) is 0 Å². The second-order valence-corrected chi connectivity index (χ2v) is 5.22. The Kier molecular flexibility index (Phi) is 5.55. The van der Waals surface area contributed by atoms with Gasteiger partial charge in [0.1, 0.15) is 0 Å². The lowest BCUT2D eigenvalue weighted by atomic mass is 10.1. The number of carbonyl (C=O) groups excluding carboxylic acids is 2. The van der Waals surface area contributed by atoms with Gasteiger partial charge in [-0.05, 0) is 36.8 Å². The summed E-state index contributed by atoms with van der Waals surface area (Å²) in [4.78, 5) is 23.6. The van der Waals surface area contributed by atoms with Crippen LogP contribution in [0.2, 0.25) is 5.02 Å². The number of benzene rings is 2. The highest BCUT2D eigenvalue weighted by Crippen LogP contribution is 2.17. The van der Waals surface area contributed by atoms with E-state index in [0.29, 0.717) is 10.6 Å². The number of ether oxygens (including phenoxy) is 1. The molecule has 0 unspecified atom stereocenters. The van der Waals surface area contributed by atoms with Gasteiger partial charge in [0.25, 0.3) is 5.91 Å². The third kappa shape index (κ3) is 4.60. The minimum atomic E-state index is -0.522. The molecule has 0 aromatic heterocycles. The normalized spacial score (nSPS) is 11.5.